The van der Waals surface area contributed by atoms with E-state index in [-0.39, 0.29) is 10.7 Å². The quantitative estimate of drug-likeness (QED) is 0.478. The van der Waals surface area contributed by atoms with E-state index in [1.165, 1.54) is 12.1 Å². The summed E-state index contributed by atoms with van der Waals surface area (Å²) in [4.78, 5) is 0. The molecule has 2 aromatic rings. The second kappa shape index (κ2) is 6.81. The number of hydrogen-bond donors (Lipinski definition) is 0. The Hall–Kier alpha value is -1.67. The number of hydrazone groups is 1. The minimum atomic E-state index is -5.72. The first kappa shape index (κ1) is 19.1. The Bertz CT molecular complexity index is 836. The molecule has 0 N–H and O–H groups in total. The van der Waals surface area contributed by atoms with E-state index in [0.717, 1.165) is 9.48 Å². The average Bonchev–Trinajstić information content (AvgIpc) is 3.00. The van der Waals surface area contributed by atoms with Gasteiger partial charge in [0, 0.05) is 10.9 Å². The van der Waals surface area contributed by atoms with Gasteiger partial charge in [0.1, 0.15) is 5.71 Å². The predicted molar refractivity (Wildman–Crippen MR) is 93.9 cm³/mol. The van der Waals surface area contributed by atoms with Crippen molar-refractivity contribution in [1.29, 1.82) is 0 Å². The van der Waals surface area contributed by atoms with Crippen molar-refractivity contribution in [2.75, 3.05) is 5.01 Å². The monoisotopic (exact) mass is 452 g/mol. The van der Waals surface area contributed by atoms with Crippen LogP contribution in [-0.4, -0.2) is 17.8 Å². The predicted octanol–water partition coefficient (Wildman–Crippen LogP) is 6.61. The lowest BCUT2D eigenvalue weighted by Gasteiger charge is -2.24. The van der Waals surface area contributed by atoms with Crippen molar-refractivity contribution in [2.45, 2.75) is 24.6 Å². The topological polar surface area (TPSA) is 15.6 Å². The van der Waals surface area contributed by atoms with Crippen LogP contribution in [-0.2, 0) is 0 Å². The maximum Gasteiger partial charge on any atom is 0.459 e. The highest BCUT2D eigenvalue weighted by Gasteiger charge is 2.62. The highest BCUT2D eigenvalue weighted by molar-refractivity contribution is 9.10. The minimum absolute atomic E-state index is 0.204. The SMILES string of the molecule is FC(F)(F)C(F)(F)C1=NN(c2ccccc2Cl)C(c2ccc(Br)cc2)C1. The van der Waals surface area contributed by atoms with E-state index in [0.29, 0.717) is 5.56 Å². The van der Waals surface area contributed by atoms with E-state index < -0.39 is 30.3 Å². The molecule has 0 aromatic heterocycles. The standard InChI is InChI=1S/C17H11BrClF5N2/c18-11-7-5-10(6-8-11)14-9-15(16(20,21)17(22,23)24)25-26(14)13-4-2-1-3-12(13)19/h1-8,14H,9H2. The molecule has 1 aliphatic rings. The molecule has 1 unspecified atom stereocenters. The lowest BCUT2D eigenvalue weighted by Crippen LogP contribution is -2.43. The molecule has 0 fully saturated rings. The van der Waals surface area contributed by atoms with Gasteiger partial charge in [0.15, 0.2) is 0 Å². The lowest BCUT2D eigenvalue weighted by atomic mass is 9.99. The Morgan fingerprint density at radius 1 is 1.00 bits per heavy atom. The summed E-state index contributed by atoms with van der Waals surface area (Å²) in [5.74, 6) is -5.02. The lowest BCUT2D eigenvalue weighted by molar-refractivity contribution is -0.249. The van der Waals surface area contributed by atoms with Gasteiger partial charge in [-0.15, -0.1) is 0 Å². The molecular formula is C17H11BrClF5N2. The van der Waals surface area contributed by atoms with Crippen LogP contribution in [0.3, 0.4) is 0 Å². The van der Waals surface area contributed by atoms with E-state index in [4.69, 9.17) is 11.6 Å². The molecule has 0 aliphatic carbocycles. The minimum Gasteiger partial charge on any atom is -0.256 e. The maximum atomic E-state index is 13.9. The van der Waals surface area contributed by atoms with Gasteiger partial charge in [-0.05, 0) is 29.8 Å². The van der Waals surface area contributed by atoms with Crippen LogP contribution in [0.2, 0.25) is 5.02 Å². The zero-order chi connectivity index (χ0) is 19.1. The molecule has 0 amide bonds. The molecular weight excluding hydrogens is 443 g/mol. The number of halogens is 7. The summed E-state index contributed by atoms with van der Waals surface area (Å²) in [6.07, 6.45) is -6.29. The van der Waals surface area contributed by atoms with Crippen molar-refractivity contribution in [3.8, 4) is 0 Å². The zero-order valence-electron chi connectivity index (χ0n) is 12.9. The molecule has 9 heteroatoms. The first-order valence-corrected chi connectivity index (χ1v) is 8.60. The van der Waals surface area contributed by atoms with Gasteiger partial charge in [-0.25, -0.2) is 0 Å². The molecule has 0 bridgehead atoms. The Balaban J connectivity index is 2.07. The van der Waals surface area contributed by atoms with Crippen molar-refractivity contribution >= 4 is 38.9 Å². The van der Waals surface area contributed by atoms with Gasteiger partial charge in [0.2, 0.25) is 0 Å². The number of benzene rings is 2. The van der Waals surface area contributed by atoms with Crippen LogP contribution in [0.1, 0.15) is 18.0 Å². The molecule has 2 nitrogen and oxygen atoms in total. The summed E-state index contributed by atoms with van der Waals surface area (Å²) in [5, 5.41) is 4.95. The summed E-state index contributed by atoms with van der Waals surface area (Å²) < 4.78 is 66.9. The van der Waals surface area contributed by atoms with Gasteiger partial charge >= 0.3 is 12.1 Å². The second-order valence-corrected chi connectivity index (χ2v) is 7.01. The van der Waals surface area contributed by atoms with Gasteiger partial charge in [0.05, 0.1) is 16.8 Å². The van der Waals surface area contributed by atoms with Crippen LogP contribution in [0, 0.1) is 0 Å². The number of alkyl halides is 5. The highest BCUT2D eigenvalue weighted by Crippen LogP contribution is 2.45. The van der Waals surface area contributed by atoms with Crippen LogP contribution in [0.5, 0.6) is 0 Å². The fourth-order valence-electron chi connectivity index (χ4n) is 2.67. The van der Waals surface area contributed by atoms with Crippen LogP contribution >= 0.6 is 27.5 Å². The summed E-state index contributed by atoms with van der Waals surface area (Å²) >= 11 is 9.37. The van der Waals surface area contributed by atoms with Gasteiger partial charge in [-0.2, -0.15) is 27.1 Å². The summed E-state index contributed by atoms with van der Waals surface area (Å²) in [6, 6.07) is 12.1. The van der Waals surface area contributed by atoms with Crippen molar-refractivity contribution in [1.82, 2.24) is 0 Å². The molecule has 0 saturated heterocycles. The van der Waals surface area contributed by atoms with Gasteiger partial charge in [-0.3, -0.25) is 5.01 Å². The number of para-hydroxylation sites is 1. The smallest absolute Gasteiger partial charge is 0.256 e. The fourth-order valence-corrected chi connectivity index (χ4v) is 3.15. The van der Waals surface area contributed by atoms with E-state index >= 15 is 0 Å². The van der Waals surface area contributed by atoms with Crippen molar-refractivity contribution in [3.05, 3.63) is 63.6 Å². The molecule has 2 aromatic carbocycles. The van der Waals surface area contributed by atoms with E-state index in [2.05, 4.69) is 21.0 Å². The number of anilines is 1. The van der Waals surface area contributed by atoms with Crippen LogP contribution < -0.4 is 5.01 Å². The van der Waals surface area contributed by atoms with Crippen LogP contribution in [0.25, 0.3) is 0 Å². The van der Waals surface area contributed by atoms with Crippen molar-refractivity contribution in [2.24, 2.45) is 5.10 Å². The third-order valence-corrected chi connectivity index (χ3v) is 4.83. The number of rotatable bonds is 3. The average molecular weight is 454 g/mol. The molecule has 1 atom stereocenters. The fraction of sp³-hybridized carbons (Fsp3) is 0.235. The number of nitrogens with zero attached hydrogens (tertiary/aromatic N) is 2. The third kappa shape index (κ3) is 3.44. The Morgan fingerprint density at radius 3 is 2.19 bits per heavy atom. The zero-order valence-corrected chi connectivity index (χ0v) is 15.3. The molecule has 1 aliphatic heterocycles. The molecule has 1 heterocycles. The maximum absolute atomic E-state index is 13.9. The summed E-state index contributed by atoms with van der Waals surface area (Å²) in [6.45, 7) is 0. The van der Waals surface area contributed by atoms with E-state index in [1.54, 1.807) is 36.4 Å². The van der Waals surface area contributed by atoms with Gasteiger partial charge in [-0.1, -0.05) is 51.8 Å². The molecule has 0 radical (unpaired) electrons. The Labute approximate surface area is 159 Å². The molecule has 0 spiro atoms. The van der Waals surface area contributed by atoms with E-state index in [1.807, 2.05) is 0 Å². The van der Waals surface area contributed by atoms with Crippen molar-refractivity contribution in [3.63, 3.8) is 0 Å². The van der Waals surface area contributed by atoms with Gasteiger partial charge in [0.25, 0.3) is 0 Å². The second-order valence-electron chi connectivity index (χ2n) is 5.69. The summed E-state index contributed by atoms with van der Waals surface area (Å²) in [5.41, 5.74) is -0.433. The van der Waals surface area contributed by atoms with E-state index in [9.17, 15) is 22.0 Å². The van der Waals surface area contributed by atoms with Crippen LogP contribution in [0.4, 0.5) is 27.6 Å². The largest absolute Gasteiger partial charge is 0.459 e. The van der Waals surface area contributed by atoms with Crippen molar-refractivity contribution < 1.29 is 22.0 Å². The molecule has 138 valence electrons. The first-order valence-electron chi connectivity index (χ1n) is 7.43. The molecule has 26 heavy (non-hydrogen) atoms. The third-order valence-electron chi connectivity index (χ3n) is 3.98. The first-order chi connectivity index (χ1) is 12.1. The highest BCUT2D eigenvalue weighted by atomic mass is 79.9. The Kier molecular flexibility index (Phi) is 5.00. The molecule has 0 saturated carbocycles. The molecule has 3 rings (SSSR count). The Morgan fingerprint density at radius 2 is 1.62 bits per heavy atom. The number of hydrogen-bond acceptors (Lipinski definition) is 2. The normalized spacial score (nSPS) is 18.2. The summed E-state index contributed by atoms with van der Waals surface area (Å²) in [7, 11) is 0. The van der Waals surface area contributed by atoms with Crippen LogP contribution in [0.15, 0.2) is 58.1 Å². The van der Waals surface area contributed by atoms with Gasteiger partial charge < -0.3 is 0 Å².